The van der Waals surface area contributed by atoms with Crippen LogP contribution in [0.5, 0.6) is 0 Å². The summed E-state index contributed by atoms with van der Waals surface area (Å²) in [6, 6.07) is 9.44. The number of carbonyl (C=O) groups excluding carboxylic acids is 1. The number of esters is 1. The fraction of sp³-hybridized carbons (Fsp3) is 0.606. The molecule has 5 rings (SSSR count). The number of hydrogen-bond acceptors (Lipinski definition) is 4. The van der Waals surface area contributed by atoms with Crippen molar-refractivity contribution in [2.24, 2.45) is 11.8 Å². The summed E-state index contributed by atoms with van der Waals surface area (Å²) in [6.07, 6.45) is 7.31. The maximum Gasteiger partial charge on any atom is 0.339 e. The van der Waals surface area contributed by atoms with Crippen LogP contribution in [0, 0.1) is 32.6 Å². The molecule has 2 aromatic rings. The molecule has 2 saturated carbocycles. The first-order chi connectivity index (χ1) is 17.6. The van der Waals surface area contributed by atoms with E-state index in [2.05, 4.69) is 49.9 Å². The first kappa shape index (κ1) is 26.4. The zero-order valence-electron chi connectivity index (χ0n) is 23.9. The van der Waals surface area contributed by atoms with Crippen molar-refractivity contribution in [3.05, 3.63) is 57.6 Å². The minimum absolute atomic E-state index is 0.332. The van der Waals surface area contributed by atoms with Crippen LogP contribution in [-0.2, 0) is 27.2 Å². The van der Waals surface area contributed by atoms with E-state index in [1.54, 1.807) is 0 Å². The summed E-state index contributed by atoms with van der Waals surface area (Å²) < 4.78 is 11.8. The molecule has 2 aromatic carbocycles. The summed E-state index contributed by atoms with van der Waals surface area (Å²) >= 11 is 0. The van der Waals surface area contributed by atoms with Crippen LogP contribution in [0.15, 0.2) is 24.3 Å². The van der Waals surface area contributed by atoms with Crippen LogP contribution < -0.4 is 0 Å². The van der Waals surface area contributed by atoms with E-state index in [9.17, 15) is 4.79 Å². The highest BCUT2D eigenvalue weighted by Gasteiger charge is 2.41. The van der Waals surface area contributed by atoms with E-state index in [0.29, 0.717) is 0 Å². The minimum atomic E-state index is -0.767. The molecular weight excluding hydrogens is 458 g/mol. The Morgan fingerprint density at radius 1 is 0.973 bits per heavy atom. The number of carbonyl (C=O) groups is 1. The standard InChI is InChI=1S/C33H45NO3/c1-20-8-12-24(13-9-20)29-22(3)27-19-34(28-15-11-23-10-14-25(28)18-23)17-16-26(27)21(2)30(29)31(32(35)36-7)37-33(4,5)6/h8-9,12-13,23,25,28,31H,10-11,14-19H2,1-7H3/t23?,25?,28?,31-/m0/s1. The summed E-state index contributed by atoms with van der Waals surface area (Å²) in [5, 5.41) is 0. The summed E-state index contributed by atoms with van der Waals surface area (Å²) in [5.41, 5.74) is 9.35. The van der Waals surface area contributed by atoms with Gasteiger partial charge in [-0.3, -0.25) is 4.90 Å². The minimum Gasteiger partial charge on any atom is -0.467 e. The van der Waals surface area contributed by atoms with E-state index >= 15 is 0 Å². The second kappa shape index (κ2) is 10.2. The fourth-order valence-corrected chi connectivity index (χ4v) is 7.48. The maximum absolute atomic E-state index is 13.2. The molecule has 0 N–H and O–H groups in total. The molecule has 0 aromatic heterocycles. The third-order valence-electron chi connectivity index (χ3n) is 9.28. The van der Waals surface area contributed by atoms with Crippen LogP contribution in [0.4, 0.5) is 0 Å². The van der Waals surface area contributed by atoms with Crippen molar-refractivity contribution in [3.8, 4) is 11.1 Å². The molecular formula is C33H45NO3. The Balaban J connectivity index is 1.64. The third kappa shape index (κ3) is 5.12. The number of rotatable bonds is 5. The number of fused-ring (bicyclic) bond motifs is 3. The van der Waals surface area contributed by atoms with Gasteiger partial charge in [0, 0.05) is 24.7 Å². The van der Waals surface area contributed by atoms with E-state index < -0.39 is 11.7 Å². The Labute approximate surface area is 223 Å². The van der Waals surface area contributed by atoms with Crippen molar-refractivity contribution in [2.75, 3.05) is 13.7 Å². The molecule has 1 heterocycles. The molecule has 4 atom stereocenters. The van der Waals surface area contributed by atoms with Crippen molar-refractivity contribution >= 4 is 5.97 Å². The van der Waals surface area contributed by atoms with Gasteiger partial charge in [0.15, 0.2) is 6.10 Å². The quantitative estimate of drug-likeness (QED) is 0.403. The van der Waals surface area contributed by atoms with Gasteiger partial charge in [-0.1, -0.05) is 36.2 Å². The Bertz CT molecular complexity index is 1160. The molecule has 2 fully saturated rings. The van der Waals surface area contributed by atoms with Gasteiger partial charge in [-0.15, -0.1) is 0 Å². The summed E-state index contributed by atoms with van der Waals surface area (Å²) in [5.74, 6) is 1.53. The van der Waals surface area contributed by atoms with Crippen LogP contribution in [0.3, 0.4) is 0 Å². The Morgan fingerprint density at radius 2 is 1.68 bits per heavy atom. The molecule has 2 aliphatic carbocycles. The monoisotopic (exact) mass is 503 g/mol. The van der Waals surface area contributed by atoms with Gasteiger partial charge < -0.3 is 9.47 Å². The molecule has 200 valence electrons. The van der Waals surface area contributed by atoms with Gasteiger partial charge in [-0.25, -0.2) is 4.79 Å². The van der Waals surface area contributed by atoms with Crippen molar-refractivity contribution < 1.29 is 14.3 Å². The number of ether oxygens (including phenoxy) is 2. The van der Waals surface area contributed by atoms with E-state index in [0.717, 1.165) is 54.1 Å². The van der Waals surface area contributed by atoms with Gasteiger partial charge in [0.1, 0.15) is 0 Å². The fourth-order valence-electron chi connectivity index (χ4n) is 7.48. The normalized spacial score (nSPS) is 24.6. The molecule has 3 unspecified atom stereocenters. The van der Waals surface area contributed by atoms with Crippen LogP contribution in [0.25, 0.3) is 11.1 Å². The zero-order valence-corrected chi connectivity index (χ0v) is 23.9. The molecule has 4 heteroatoms. The van der Waals surface area contributed by atoms with Gasteiger partial charge in [0.05, 0.1) is 12.7 Å². The lowest BCUT2D eigenvalue weighted by atomic mass is 9.78. The van der Waals surface area contributed by atoms with Gasteiger partial charge in [-0.2, -0.15) is 0 Å². The Kier molecular flexibility index (Phi) is 7.28. The molecule has 1 aliphatic heterocycles. The molecule has 0 spiro atoms. The molecule has 2 bridgehead atoms. The van der Waals surface area contributed by atoms with E-state index in [1.165, 1.54) is 67.0 Å². The predicted octanol–water partition coefficient (Wildman–Crippen LogP) is 7.24. The van der Waals surface area contributed by atoms with Crippen LogP contribution in [-0.4, -0.2) is 36.2 Å². The summed E-state index contributed by atoms with van der Waals surface area (Å²) in [7, 11) is 1.46. The van der Waals surface area contributed by atoms with Crippen molar-refractivity contribution in [2.45, 2.75) is 104 Å². The van der Waals surface area contributed by atoms with Gasteiger partial charge in [0.2, 0.25) is 0 Å². The average Bonchev–Trinajstić information content (AvgIpc) is 3.24. The largest absolute Gasteiger partial charge is 0.467 e. The van der Waals surface area contributed by atoms with Crippen LogP contribution >= 0.6 is 0 Å². The molecule has 0 radical (unpaired) electrons. The number of nitrogens with zero attached hydrogens (tertiary/aromatic N) is 1. The first-order valence-electron chi connectivity index (χ1n) is 14.3. The lowest BCUT2D eigenvalue weighted by Crippen LogP contribution is -2.45. The molecule has 0 amide bonds. The highest BCUT2D eigenvalue weighted by Crippen LogP contribution is 2.47. The Morgan fingerprint density at radius 3 is 2.35 bits per heavy atom. The predicted molar refractivity (Wildman–Crippen MR) is 150 cm³/mol. The van der Waals surface area contributed by atoms with Crippen molar-refractivity contribution in [3.63, 3.8) is 0 Å². The molecule has 3 aliphatic rings. The smallest absolute Gasteiger partial charge is 0.339 e. The SMILES string of the molecule is COC(=O)[C@@H](OC(C)(C)C)c1c(C)c2c(c(C)c1-c1ccc(C)cc1)CN(C1CCC3CCC1C3)CC2. The average molecular weight is 504 g/mol. The van der Waals surface area contributed by atoms with Gasteiger partial charge in [-0.05, 0) is 119 Å². The Hall–Kier alpha value is -2.17. The second-order valence-corrected chi connectivity index (χ2v) is 12.8. The topological polar surface area (TPSA) is 38.8 Å². The third-order valence-corrected chi connectivity index (χ3v) is 9.28. The van der Waals surface area contributed by atoms with Gasteiger partial charge in [0.25, 0.3) is 0 Å². The van der Waals surface area contributed by atoms with E-state index in [-0.39, 0.29) is 5.97 Å². The number of methoxy groups -OCH3 is 1. The number of hydrogen-bond donors (Lipinski definition) is 0. The molecule has 0 saturated heterocycles. The van der Waals surface area contributed by atoms with E-state index in [4.69, 9.17) is 9.47 Å². The first-order valence-corrected chi connectivity index (χ1v) is 14.3. The van der Waals surface area contributed by atoms with Crippen LogP contribution in [0.2, 0.25) is 0 Å². The highest BCUT2D eigenvalue weighted by molar-refractivity contribution is 5.85. The van der Waals surface area contributed by atoms with Crippen LogP contribution in [0.1, 0.15) is 92.4 Å². The lowest BCUT2D eigenvalue weighted by molar-refractivity contribution is -0.164. The summed E-state index contributed by atoms with van der Waals surface area (Å²) in [4.78, 5) is 16.0. The second-order valence-electron chi connectivity index (χ2n) is 12.8. The van der Waals surface area contributed by atoms with Crippen molar-refractivity contribution in [1.29, 1.82) is 0 Å². The highest BCUT2D eigenvalue weighted by atomic mass is 16.6. The maximum atomic E-state index is 13.2. The number of aryl methyl sites for hydroxylation is 1. The van der Waals surface area contributed by atoms with Gasteiger partial charge >= 0.3 is 5.97 Å². The van der Waals surface area contributed by atoms with Crippen molar-refractivity contribution in [1.82, 2.24) is 4.90 Å². The lowest BCUT2D eigenvalue weighted by Gasteiger charge is -2.42. The number of benzene rings is 2. The molecule has 4 nitrogen and oxygen atoms in total. The van der Waals surface area contributed by atoms with E-state index in [1.807, 2.05) is 20.8 Å². The molecule has 37 heavy (non-hydrogen) atoms. The summed E-state index contributed by atoms with van der Waals surface area (Å²) in [6.45, 7) is 14.7. The zero-order chi connectivity index (χ0) is 26.5.